The summed E-state index contributed by atoms with van der Waals surface area (Å²) in [7, 11) is 0. The first-order chi connectivity index (χ1) is 8.38. The van der Waals surface area contributed by atoms with Gasteiger partial charge in [0.2, 0.25) is 5.82 Å². The smallest absolute Gasteiger partial charge is 0.335 e. The molecular weight excluding hydrogens is 263 g/mol. The summed E-state index contributed by atoms with van der Waals surface area (Å²) in [6, 6.07) is 3.09. The van der Waals surface area contributed by atoms with Crippen molar-refractivity contribution in [2.75, 3.05) is 0 Å². The molecule has 2 rings (SSSR count). The fraction of sp³-hybridized carbons (Fsp3) is 0.182. The number of aryl methyl sites for hydroxylation is 1. The Morgan fingerprint density at radius 1 is 1.33 bits per heavy atom. The monoisotopic (exact) mass is 271 g/mol. The first-order valence-corrected chi connectivity index (χ1v) is 5.38. The number of H-pyrrole nitrogens is 1. The quantitative estimate of drug-likeness (QED) is 0.807. The van der Waals surface area contributed by atoms with Crippen molar-refractivity contribution in [3.05, 3.63) is 40.6 Å². The molecule has 0 saturated heterocycles. The number of pyridine rings is 1. The van der Waals surface area contributed by atoms with Gasteiger partial charge in [-0.1, -0.05) is 12.2 Å². The predicted octanol–water partition coefficient (Wildman–Crippen LogP) is 3.53. The summed E-state index contributed by atoms with van der Waals surface area (Å²) >= 11 is 4.75. The van der Waals surface area contributed by atoms with Crippen molar-refractivity contribution in [1.29, 1.82) is 0 Å². The lowest BCUT2D eigenvalue weighted by atomic mass is 10.1. The van der Waals surface area contributed by atoms with E-state index in [2.05, 4.69) is 15.0 Å². The van der Waals surface area contributed by atoms with Gasteiger partial charge in [0.15, 0.2) is 0 Å². The lowest BCUT2D eigenvalue weighted by molar-refractivity contribution is -0.144. The van der Waals surface area contributed by atoms with Crippen LogP contribution in [0.15, 0.2) is 24.5 Å². The van der Waals surface area contributed by atoms with Crippen molar-refractivity contribution in [2.24, 2.45) is 0 Å². The molecule has 0 bridgehead atoms. The maximum Gasteiger partial charge on any atom is 0.449 e. The number of hydrogen-bond acceptors (Lipinski definition) is 3. The summed E-state index contributed by atoms with van der Waals surface area (Å²) in [6.07, 6.45) is -1.50. The number of alkyl halides is 3. The van der Waals surface area contributed by atoms with Crippen LogP contribution in [0.1, 0.15) is 11.4 Å². The molecule has 0 amide bonds. The van der Waals surface area contributed by atoms with Gasteiger partial charge in [0, 0.05) is 18.0 Å². The molecule has 0 radical (unpaired) electrons. The van der Waals surface area contributed by atoms with Crippen LogP contribution in [0.4, 0.5) is 13.2 Å². The molecule has 1 N–H and O–H groups in total. The molecule has 3 nitrogen and oxygen atoms in total. The fourth-order valence-corrected chi connectivity index (χ4v) is 1.69. The average molecular weight is 271 g/mol. The normalized spacial score (nSPS) is 11.6. The Kier molecular flexibility index (Phi) is 3.16. The molecule has 0 atom stereocenters. The Bertz CT molecular complexity index is 634. The second-order valence-corrected chi connectivity index (χ2v) is 4.09. The van der Waals surface area contributed by atoms with E-state index in [1.807, 2.05) is 0 Å². The standard InChI is InChI=1S/C11H8F3N3S/c1-6-2-3-15-5-7(6)8-4-9(18)17-10(16-8)11(12,13)14/h2-5H,1H3,(H,16,17,18). The molecule has 0 fully saturated rings. The molecule has 0 saturated carbocycles. The highest BCUT2D eigenvalue weighted by molar-refractivity contribution is 7.71. The minimum Gasteiger partial charge on any atom is -0.335 e. The van der Waals surface area contributed by atoms with E-state index in [0.29, 0.717) is 5.56 Å². The molecule has 2 aromatic rings. The zero-order valence-electron chi connectivity index (χ0n) is 9.25. The maximum atomic E-state index is 12.6. The van der Waals surface area contributed by atoms with Gasteiger partial charge in [0.1, 0.15) is 4.64 Å². The van der Waals surface area contributed by atoms with Gasteiger partial charge in [-0.05, 0) is 24.6 Å². The van der Waals surface area contributed by atoms with Crippen LogP contribution < -0.4 is 0 Å². The molecule has 7 heteroatoms. The van der Waals surface area contributed by atoms with E-state index in [1.165, 1.54) is 12.3 Å². The molecule has 94 valence electrons. The number of nitrogens with one attached hydrogen (secondary N) is 1. The molecule has 0 unspecified atom stereocenters. The van der Waals surface area contributed by atoms with Crippen molar-refractivity contribution in [1.82, 2.24) is 15.0 Å². The highest BCUT2D eigenvalue weighted by Gasteiger charge is 2.34. The Morgan fingerprint density at radius 3 is 2.67 bits per heavy atom. The Labute approximate surface area is 106 Å². The first kappa shape index (κ1) is 12.7. The van der Waals surface area contributed by atoms with Gasteiger partial charge >= 0.3 is 6.18 Å². The van der Waals surface area contributed by atoms with Gasteiger partial charge in [-0.2, -0.15) is 13.2 Å². The molecular formula is C11H8F3N3S. The Balaban J connectivity index is 2.63. The van der Waals surface area contributed by atoms with Crippen LogP contribution in [-0.2, 0) is 6.18 Å². The van der Waals surface area contributed by atoms with Gasteiger partial charge in [-0.3, -0.25) is 4.98 Å². The van der Waals surface area contributed by atoms with E-state index >= 15 is 0 Å². The number of nitrogens with zero attached hydrogens (tertiary/aromatic N) is 2. The summed E-state index contributed by atoms with van der Waals surface area (Å²) < 4.78 is 37.7. The van der Waals surface area contributed by atoms with Crippen LogP contribution in [0.2, 0.25) is 0 Å². The number of aromatic nitrogens is 3. The minimum absolute atomic E-state index is 0.112. The van der Waals surface area contributed by atoms with Crippen molar-refractivity contribution in [3.63, 3.8) is 0 Å². The van der Waals surface area contributed by atoms with E-state index in [4.69, 9.17) is 12.2 Å². The van der Waals surface area contributed by atoms with Crippen molar-refractivity contribution < 1.29 is 13.2 Å². The highest BCUT2D eigenvalue weighted by atomic mass is 32.1. The Hall–Kier alpha value is -1.76. The van der Waals surface area contributed by atoms with Gasteiger partial charge in [-0.15, -0.1) is 0 Å². The average Bonchev–Trinajstić information content (AvgIpc) is 2.27. The van der Waals surface area contributed by atoms with Crippen LogP contribution in [-0.4, -0.2) is 15.0 Å². The summed E-state index contributed by atoms with van der Waals surface area (Å²) in [5, 5.41) is 0. The zero-order chi connectivity index (χ0) is 13.3. The van der Waals surface area contributed by atoms with Gasteiger partial charge in [0.25, 0.3) is 0 Å². The SMILES string of the molecule is Cc1ccncc1-c1cc(=S)nc(C(F)(F)F)[nH]1. The van der Waals surface area contributed by atoms with Crippen molar-refractivity contribution in [2.45, 2.75) is 13.1 Å². The van der Waals surface area contributed by atoms with Crippen LogP contribution in [0.25, 0.3) is 11.3 Å². The van der Waals surface area contributed by atoms with Crippen LogP contribution >= 0.6 is 12.2 Å². The predicted molar refractivity (Wildman–Crippen MR) is 62.4 cm³/mol. The molecule has 0 spiro atoms. The maximum absolute atomic E-state index is 12.6. The first-order valence-electron chi connectivity index (χ1n) is 4.97. The van der Waals surface area contributed by atoms with Crippen molar-refractivity contribution >= 4 is 12.2 Å². The molecule has 0 aliphatic heterocycles. The summed E-state index contributed by atoms with van der Waals surface area (Å²) in [6.45, 7) is 1.78. The second-order valence-electron chi connectivity index (χ2n) is 3.67. The van der Waals surface area contributed by atoms with Crippen LogP contribution in [0.3, 0.4) is 0 Å². The zero-order valence-corrected chi connectivity index (χ0v) is 10.1. The minimum atomic E-state index is -4.56. The van der Waals surface area contributed by atoms with Crippen molar-refractivity contribution in [3.8, 4) is 11.3 Å². The number of rotatable bonds is 1. The molecule has 0 aliphatic carbocycles. The van der Waals surface area contributed by atoms with Crippen LogP contribution in [0.5, 0.6) is 0 Å². The second kappa shape index (κ2) is 4.49. The summed E-state index contributed by atoms with van der Waals surface area (Å²) in [5.74, 6) is -1.10. The third-order valence-electron chi connectivity index (χ3n) is 2.34. The van der Waals surface area contributed by atoms with E-state index in [1.54, 1.807) is 19.2 Å². The topological polar surface area (TPSA) is 41.6 Å². The van der Waals surface area contributed by atoms with Gasteiger partial charge in [0.05, 0.1) is 5.69 Å². The molecule has 0 aliphatic rings. The van der Waals surface area contributed by atoms with E-state index < -0.39 is 12.0 Å². The van der Waals surface area contributed by atoms with Gasteiger partial charge < -0.3 is 4.98 Å². The van der Waals surface area contributed by atoms with Crippen LogP contribution in [0, 0.1) is 11.6 Å². The van der Waals surface area contributed by atoms with Gasteiger partial charge in [-0.25, -0.2) is 4.98 Å². The van der Waals surface area contributed by atoms with E-state index in [-0.39, 0.29) is 10.3 Å². The number of hydrogen-bond donors (Lipinski definition) is 1. The number of aromatic amines is 1. The highest BCUT2D eigenvalue weighted by Crippen LogP contribution is 2.28. The lowest BCUT2D eigenvalue weighted by Gasteiger charge is -2.09. The third-order valence-corrected chi connectivity index (χ3v) is 2.55. The third kappa shape index (κ3) is 2.56. The summed E-state index contributed by atoms with van der Waals surface area (Å²) in [4.78, 5) is 9.40. The molecule has 18 heavy (non-hydrogen) atoms. The van der Waals surface area contributed by atoms with E-state index in [9.17, 15) is 13.2 Å². The molecule has 2 aromatic heterocycles. The molecule has 2 heterocycles. The number of halogens is 3. The Morgan fingerprint density at radius 2 is 2.06 bits per heavy atom. The fourth-order valence-electron chi connectivity index (χ4n) is 1.48. The molecule has 0 aromatic carbocycles. The largest absolute Gasteiger partial charge is 0.449 e. The summed E-state index contributed by atoms with van der Waals surface area (Å²) in [5.41, 5.74) is 1.62. The lowest BCUT2D eigenvalue weighted by Crippen LogP contribution is -2.11. The van der Waals surface area contributed by atoms with E-state index in [0.717, 1.165) is 5.56 Å².